The Bertz CT molecular complexity index is 565. The maximum absolute atomic E-state index is 11.9. The van der Waals surface area contributed by atoms with Crippen LogP contribution in [0.15, 0.2) is 58.5 Å². The Morgan fingerprint density at radius 2 is 1.75 bits per heavy atom. The van der Waals surface area contributed by atoms with E-state index in [2.05, 4.69) is 19.9 Å². The van der Waals surface area contributed by atoms with Gasteiger partial charge in [-0.25, -0.2) is 0 Å². The molecule has 0 atom stereocenters. The zero-order chi connectivity index (χ0) is 15.0. The molecule has 110 valence electrons. The van der Waals surface area contributed by atoms with Crippen molar-refractivity contribution in [3.05, 3.63) is 53.6 Å². The van der Waals surface area contributed by atoms with Gasteiger partial charge in [-0.05, 0) is 45.7 Å². The van der Waals surface area contributed by atoms with Crippen molar-refractivity contribution in [2.24, 2.45) is 0 Å². The van der Waals surface area contributed by atoms with E-state index in [1.54, 1.807) is 18.2 Å². The number of benzene rings is 1. The summed E-state index contributed by atoms with van der Waals surface area (Å²) < 4.78 is 28.7. The first-order chi connectivity index (χ1) is 9.42. The topological polar surface area (TPSA) is 43.4 Å². The van der Waals surface area contributed by atoms with Gasteiger partial charge in [0.05, 0.1) is 11.5 Å². The van der Waals surface area contributed by atoms with Gasteiger partial charge in [0, 0.05) is 0 Å². The first-order valence-electron chi connectivity index (χ1n) is 6.65. The van der Waals surface area contributed by atoms with Gasteiger partial charge in [0.25, 0.3) is 10.1 Å². The Morgan fingerprint density at radius 1 is 1.10 bits per heavy atom. The van der Waals surface area contributed by atoms with E-state index in [0.717, 1.165) is 18.4 Å². The van der Waals surface area contributed by atoms with E-state index in [4.69, 9.17) is 4.18 Å². The Balaban J connectivity index is 2.49. The molecule has 4 heteroatoms. The smallest absolute Gasteiger partial charge is 0.262 e. The summed E-state index contributed by atoms with van der Waals surface area (Å²) in [6, 6.07) is 8.18. The zero-order valence-corrected chi connectivity index (χ0v) is 13.1. The third kappa shape index (κ3) is 6.17. The highest BCUT2D eigenvalue weighted by atomic mass is 32.2. The van der Waals surface area contributed by atoms with Crippen LogP contribution in [0.2, 0.25) is 0 Å². The Hall–Kier alpha value is -1.39. The van der Waals surface area contributed by atoms with Gasteiger partial charge in [0.15, 0.2) is 0 Å². The summed E-state index contributed by atoms with van der Waals surface area (Å²) in [6.07, 6.45) is 5.87. The molecule has 0 radical (unpaired) electrons. The minimum absolute atomic E-state index is 0.0812. The largest absolute Gasteiger partial charge is 0.297 e. The molecule has 0 aromatic heterocycles. The van der Waals surface area contributed by atoms with Crippen molar-refractivity contribution in [2.45, 2.75) is 38.5 Å². The third-order valence-corrected chi connectivity index (χ3v) is 4.07. The van der Waals surface area contributed by atoms with Crippen LogP contribution >= 0.6 is 0 Å². The number of rotatable bonds is 7. The van der Waals surface area contributed by atoms with Crippen LogP contribution in [0.25, 0.3) is 0 Å². The van der Waals surface area contributed by atoms with Crippen LogP contribution in [-0.4, -0.2) is 15.0 Å². The fourth-order valence-electron chi connectivity index (χ4n) is 1.61. The fourth-order valence-corrected chi connectivity index (χ4v) is 2.49. The van der Waals surface area contributed by atoms with Crippen LogP contribution in [-0.2, 0) is 14.3 Å². The molecule has 0 fully saturated rings. The van der Waals surface area contributed by atoms with E-state index in [1.807, 2.05) is 13.0 Å². The Labute approximate surface area is 122 Å². The third-order valence-electron chi connectivity index (χ3n) is 2.78. The van der Waals surface area contributed by atoms with Gasteiger partial charge in [-0.15, -0.1) is 0 Å². The summed E-state index contributed by atoms with van der Waals surface area (Å²) in [5, 5.41) is 0. The van der Waals surface area contributed by atoms with Crippen molar-refractivity contribution in [3.8, 4) is 0 Å². The van der Waals surface area contributed by atoms with E-state index in [-0.39, 0.29) is 11.5 Å². The molecule has 1 rings (SSSR count). The zero-order valence-electron chi connectivity index (χ0n) is 12.3. The molecule has 0 bridgehead atoms. The van der Waals surface area contributed by atoms with Crippen molar-refractivity contribution in [3.63, 3.8) is 0 Å². The molecular weight excluding hydrogens is 272 g/mol. The van der Waals surface area contributed by atoms with Gasteiger partial charge in [-0.3, -0.25) is 4.18 Å². The standard InChI is InChI=1S/C16H22O3S/c1-14(2)8-7-9-15(3)12-13-19-20(17,18)16-10-5-4-6-11-16/h4-6,8,10-12H,7,9,13H2,1-3H3/b15-12+. The predicted molar refractivity (Wildman–Crippen MR) is 82.0 cm³/mol. The van der Waals surface area contributed by atoms with Crippen LogP contribution in [0.5, 0.6) is 0 Å². The molecule has 0 aliphatic heterocycles. The van der Waals surface area contributed by atoms with Crippen molar-refractivity contribution in [2.75, 3.05) is 6.61 Å². The molecule has 20 heavy (non-hydrogen) atoms. The summed E-state index contributed by atoms with van der Waals surface area (Å²) in [6.45, 7) is 6.19. The average Bonchev–Trinajstić information content (AvgIpc) is 2.39. The minimum atomic E-state index is -3.65. The summed E-state index contributed by atoms with van der Waals surface area (Å²) >= 11 is 0. The molecule has 3 nitrogen and oxygen atoms in total. The molecule has 0 amide bonds. The van der Waals surface area contributed by atoms with Crippen LogP contribution in [0.1, 0.15) is 33.6 Å². The summed E-state index contributed by atoms with van der Waals surface area (Å²) in [7, 11) is -3.65. The first-order valence-corrected chi connectivity index (χ1v) is 8.06. The molecule has 0 aliphatic carbocycles. The van der Waals surface area contributed by atoms with Crippen LogP contribution < -0.4 is 0 Å². The highest BCUT2D eigenvalue weighted by Crippen LogP contribution is 2.12. The molecular formula is C16H22O3S. The normalized spacial score (nSPS) is 12.2. The van der Waals surface area contributed by atoms with Crippen LogP contribution in [0.4, 0.5) is 0 Å². The number of hydrogen-bond donors (Lipinski definition) is 0. The van der Waals surface area contributed by atoms with Crippen molar-refractivity contribution in [1.82, 2.24) is 0 Å². The molecule has 0 aliphatic rings. The lowest BCUT2D eigenvalue weighted by molar-refractivity contribution is 0.356. The lowest BCUT2D eigenvalue weighted by Gasteiger charge is -2.04. The quantitative estimate of drug-likeness (QED) is 0.562. The van der Waals surface area contributed by atoms with Gasteiger partial charge < -0.3 is 0 Å². The molecule has 0 saturated heterocycles. The van der Waals surface area contributed by atoms with Gasteiger partial charge in [0.1, 0.15) is 0 Å². The number of hydrogen-bond acceptors (Lipinski definition) is 3. The highest BCUT2D eigenvalue weighted by Gasteiger charge is 2.13. The fraction of sp³-hybridized carbons (Fsp3) is 0.375. The summed E-state index contributed by atoms with van der Waals surface area (Å²) in [5.74, 6) is 0. The van der Waals surface area contributed by atoms with Gasteiger partial charge >= 0.3 is 0 Å². The monoisotopic (exact) mass is 294 g/mol. The lowest BCUT2D eigenvalue weighted by atomic mass is 10.1. The van der Waals surface area contributed by atoms with Crippen LogP contribution in [0, 0.1) is 0 Å². The maximum Gasteiger partial charge on any atom is 0.297 e. The summed E-state index contributed by atoms with van der Waals surface area (Å²) in [4.78, 5) is 0.190. The SMILES string of the molecule is CC(C)=CCC/C(C)=C/COS(=O)(=O)c1ccccc1. The Morgan fingerprint density at radius 3 is 2.35 bits per heavy atom. The minimum Gasteiger partial charge on any atom is -0.262 e. The molecule has 0 unspecified atom stereocenters. The average molecular weight is 294 g/mol. The Kier molecular flexibility index (Phi) is 6.68. The molecule has 0 saturated carbocycles. The van der Waals surface area contributed by atoms with Gasteiger partial charge in [-0.2, -0.15) is 8.42 Å². The van der Waals surface area contributed by atoms with Gasteiger partial charge in [-0.1, -0.05) is 41.5 Å². The maximum atomic E-state index is 11.9. The molecule has 0 heterocycles. The van der Waals surface area contributed by atoms with E-state index in [9.17, 15) is 8.42 Å². The lowest BCUT2D eigenvalue weighted by Crippen LogP contribution is -2.06. The van der Waals surface area contributed by atoms with Crippen molar-refractivity contribution >= 4 is 10.1 Å². The molecule has 0 spiro atoms. The predicted octanol–water partition coefficient (Wildman–Crippen LogP) is 4.08. The molecule has 1 aromatic rings. The summed E-state index contributed by atoms with van der Waals surface area (Å²) in [5.41, 5.74) is 2.42. The molecule has 0 N–H and O–H groups in total. The second-order valence-corrected chi connectivity index (χ2v) is 6.54. The first kappa shape index (κ1) is 16.7. The van der Waals surface area contributed by atoms with E-state index in [0.29, 0.717) is 0 Å². The van der Waals surface area contributed by atoms with E-state index < -0.39 is 10.1 Å². The second kappa shape index (κ2) is 8.02. The molecule has 1 aromatic carbocycles. The van der Waals surface area contributed by atoms with Crippen molar-refractivity contribution in [1.29, 1.82) is 0 Å². The van der Waals surface area contributed by atoms with Crippen LogP contribution in [0.3, 0.4) is 0 Å². The second-order valence-electron chi connectivity index (χ2n) is 4.92. The van der Waals surface area contributed by atoms with Crippen molar-refractivity contribution < 1.29 is 12.6 Å². The van der Waals surface area contributed by atoms with E-state index in [1.165, 1.54) is 17.7 Å². The van der Waals surface area contributed by atoms with Gasteiger partial charge in [0.2, 0.25) is 0 Å². The highest BCUT2D eigenvalue weighted by molar-refractivity contribution is 7.86. The number of allylic oxidation sites excluding steroid dienone is 3. The van der Waals surface area contributed by atoms with E-state index >= 15 is 0 Å².